The van der Waals surface area contributed by atoms with Crippen LogP contribution in [0.3, 0.4) is 0 Å². The average molecular weight is 342 g/mol. The first-order valence-corrected chi connectivity index (χ1v) is 7.81. The molecule has 0 bridgehead atoms. The normalized spacial score (nSPS) is 16.8. The lowest BCUT2D eigenvalue weighted by molar-refractivity contribution is -0.120. The highest BCUT2D eigenvalue weighted by molar-refractivity contribution is 9.10. The second kappa shape index (κ2) is 7.59. The molecule has 0 saturated carbocycles. The molecule has 1 N–H and O–H groups in total. The Bertz CT molecular complexity index is 433. The number of halogens is 1. The molecule has 0 radical (unpaired) electrons. The van der Waals surface area contributed by atoms with Crippen LogP contribution < -0.4 is 10.2 Å². The number of nitrogens with zero attached hydrogens (tertiary/aromatic N) is 2. The van der Waals surface area contributed by atoms with Gasteiger partial charge in [-0.3, -0.25) is 4.79 Å². The van der Waals surface area contributed by atoms with E-state index in [9.17, 15) is 4.79 Å². The fourth-order valence-electron chi connectivity index (χ4n) is 1.99. The molecular formula is C14H20BrN3O2. The van der Waals surface area contributed by atoms with Crippen LogP contribution in [0.15, 0.2) is 18.3 Å². The quantitative estimate of drug-likeness (QED) is 0.828. The van der Waals surface area contributed by atoms with Gasteiger partial charge in [0, 0.05) is 25.8 Å². The van der Waals surface area contributed by atoms with Gasteiger partial charge in [-0.15, -0.1) is 0 Å². The van der Waals surface area contributed by atoms with Crippen LogP contribution >= 0.6 is 15.9 Å². The van der Waals surface area contributed by atoms with Gasteiger partial charge in [0.25, 0.3) is 0 Å². The molecule has 0 spiro atoms. The molecule has 0 aliphatic carbocycles. The van der Waals surface area contributed by atoms with Crippen molar-refractivity contribution in [3.05, 3.63) is 23.9 Å². The maximum absolute atomic E-state index is 11.7. The van der Waals surface area contributed by atoms with Gasteiger partial charge < -0.3 is 15.0 Å². The van der Waals surface area contributed by atoms with Gasteiger partial charge in [0.05, 0.1) is 18.0 Å². The summed E-state index contributed by atoms with van der Waals surface area (Å²) in [5.41, 5.74) is 1.01. The minimum absolute atomic E-state index is 0.0183. The Labute approximate surface area is 127 Å². The van der Waals surface area contributed by atoms with Crippen LogP contribution in [0.2, 0.25) is 0 Å². The van der Waals surface area contributed by atoms with Crippen LogP contribution in [-0.2, 0) is 16.1 Å². The number of aromatic nitrogens is 1. The van der Waals surface area contributed by atoms with Crippen molar-refractivity contribution < 1.29 is 9.53 Å². The van der Waals surface area contributed by atoms with E-state index in [4.69, 9.17) is 4.74 Å². The summed E-state index contributed by atoms with van der Waals surface area (Å²) in [6.45, 7) is 5.75. The Hall–Kier alpha value is -1.14. The summed E-state index contributed by atoms with van der Waals surface area (Å²) < 4.78 is 5.32. The van der Waals surface area contributed by atoms with E-state index in [0.29, 0.717) is 6.54 Å². The van der Waals surface area contributed by atoms with Crippen LogP contribution in [0, 0.1) is 0 Å². The summed E-state index contributed by atoms with van der Waals surface area (Å²) in [4.78, 5) is 18.2. The highest BCUT2D eigenvalue weighted by Crippen LogP contribution is 2.13. The summed E-state index contributed by atoms with van der Waals surface area (Å²) >= 11 is 3.33. The molecule has 1 aromatic heterocycles. The molecule has 1 atom stereocenters. The minimum atomic E-state index is -0.122. The fourth-order valence-corrected chi connectivity index (χ4v) is 2.15. The predicted molar refractivity (Wildman–Crippen MR) is 82.1 cm³/mol. The summed E-state index contributed by atoms with van der Waals surface area (Å²) in [6, 6.07) is 4.01. The molecule has 1 aliphatic heterocycles. The van der Waals surface area contributed by atoms with Crippen LogP contribution in [-0.4, -0.2) is 42.0 Å². The van der Waals surface area contributed by atoms with E-state index in [1.807, 2.05) is 25.3 Å². The molecule has 1 aliphatic rings. The zero-order chi connectivity index (χ0) is 14.4. The molecule has 1 aromatic rings. The number of anilines is 1. The van der Waals surface area contributed by atoms with Gasteiger partial charge in [-0.2, -0.15) is 0 Å². The van der Waals surface area contributed by atoms with Crippen molar-refractivity contribution >= 4 is 27.7 Å². The average Bonchev–Trinajstić information content (AvgIpc) is 2.53. The van der Waals surface area contributed by atoms with Crippen molar-refractivity contribution in [1.82, 2.24) is 10.3 Å². The molecule has 1 saturated heterocycles. The van der Waals surface area contributed by atoms with Gasteiger partial charge in [-0.05, 0) is 18.1 Å². The number of pyridine rings is 1. The third kappa shape index (κ3) is 4.18. The molecule has 20 heavy (non-hydrogen) atoms. The molecule has 1 amide bonds. The van der Waals surface area contributed by atoms with Crippen LogP contribution in [0.25, 0.3) is 0 Å². The number of ether oxygens (including phenoxy) is 1. The van der Waals surface area contributed by atoms with Crippen molar-refractivity contribution in [2.24, 2.45) is 0 Å². The van der Waals surface area contributed by atoms with Crippen molar-refractivity contribution in [3.8, 4) is 0 Å². The van der Waals surface area contributed by atoms with E-state index in [1.54, 1.807) is 0 Å². The molecule has 0 aromatic carbocycles. The first kappa shape index (κ1) is 15.3. The topological polar surface area (TPSA) is 54.5 Å². The number of hydrogen-bond acceptors (Lipinski definition) is 4. The van der Waals surface area contributed by atoms with E-state index >= 15 is 0 Å². The van der Waals surface area contributed by atoms with E-state index < -0.39 is 0 Å². The maximum Gasteiger partial charge on any atom is 0.234 e. The standard InChI is InChI=1S/C14H20BrN3O2/c1-2-12(15)14(19)17-10-11-3-4-13(16-9-11)18-5-7-20-8-6-18/h3-4,9,12H,2,5-8,10H2,1H3,(H,17,19). The second-order valence-corrected chi connectivity index (χ2v) is 5.82. The number of amides is 1. The lowest BCUT2D eigenvalue weighted by Crippen LogP contribution is -2.36. The summed E-state index contributed by atoms with van der Waals surface area (Å²) in [6.07, 6.45) is 2.60. The van der Waals surface area contributed by atoms with Crippen molar-refractivity contribution in [2.75, 3.05) is 31.2 Å². The molecule has 1 unspecified atom stereocenters. The Morgan fingerprint density at radius 3 is 2.85 bits per heavy atom. The Balaban J connectivity index is 1.86. The molecule has 5 nitrogen and oxygen atoms in total. The number of rotatable bonds is 5. The number of alkyl halides is 1. The highest BCUT2D eigenvalue weighted by Gasteiger charge is 2.13. The fraction of sp³-hybridized carbons (Fsp3) is 0.571. The number of hydrogen-bond donors (Lipinski definition) is 1. The van der Waals surface area contributed by atoms with Gasteiger partial charge in [0.1, 0.15) is 5.82 Å². The van der Waals surface area contributed by atoms with Crippen molar-refractivity contribution in [1.29, 1.82) is 0 Å². The van der Waals surface area contributed by atoms with E-state index in [1.165, 1.54) is 0 Å². The minimum Gasteiger partial charge on any atom is -0.378 e. The largest absolute Gasteiger partial charge is 0.378 e. The summed E-state index contributed by atoms with van der Waals surface area (Å²) in [7, 11) is 0. The van der Waals surface area contributed by atoms with Gasteiger partial charge in [-0.1, -0.05) is 28.9 Å². The molecule has 2 heterocycles. The van der Waals surface area contributed by atoms with E-state index in [-0.39, 0.29) is 10.7 Å². The first-order chi connectivity index (χ1) is 9.70. The molecule has 110 valence electrons. The predicted octanol–water partition coefficient (Wildman–Crippen LogP) is 1.71. The number of carbonyl (C=O) groups is 1. The van der Waals surface area contributed by atoms with Crippen LogP contribution in [0.1, 0.15) is 18.9 Å². The lowest BCUT2D eigenvalue weighted by Gasteiger charge is -2.27. The van der Waals surface area contributed by atoms with Gasteiger partial charge in [0.15, 0.2) is 0 Å². The molecule has 6 heteroatoms. The Morgan fingerprint density at radius 1 is 1.50 bits per heavy atom. The van der Waals surface area contributed by atoms with Gasteiger partial charge in [0.2, 0.25) is 5.91 Å². The van der Waals surface area contributed by atoms with Gasteiger partial charge >= 0.3 is 0 Å². The van der Waals surface area contributed by atoms with Crippen molar-refractivity contribution in [3.63, 3.8) is 0 Å². The zero-order valence-electron chi connectivity index (χ0n) is 11.6. The summed E-state index contributed by atoms with van der Waals surface area (Å²) in [5, 5.41) is 2.89. The summed E-state index contributed by atoms with van der Waals surface area (Å²) in [5.74, 6) is 0.986. The molecular weight excluding hydrogens is 322 g/mol. The third-order valence-corrected chi connectivity index (χ3v) is 4.32. The maximum atomic E-state index is 11.7. The van der Waals surface area contributed by atoms with Crippen LogP contribution in [0.4, 0.5) is 5.82 Å². The Morgan fingerprint density at radius 2 is 2.25 bits per heavy atom. The molecule has 2 rings (SSSR count). The smallest absolute Gasteiger partial charge is 0.234 e. The first-order valence-electron chi connectivity index (χ1n) is 6.90. The number of nitrogens with one attached hydrogen (secondary N) is 1. The van der Waals surface area contributed by atoms with E-state index in [0.717, 1.165) is 44.1 Å². The van der Waals surface area contributed by atoms with Crippen LogP contribution in [0.5, 0.6) is 0 Å². The SMILES string of the molecule is CCC(Br)C(=O)NCc1ccc(N2CCOCC2)nc1. The Kier molecular flexibility index (Phi) is 5.79. The lowest BCUT2D eigenvalue weighted by atomic mass is 10.2. The van der Waals surface area contributed by atoms with Gasteiger partial charge in [-0.25, -0.2) is 4.98 Å². The number of carbonyl (C=O) groups excluding carboxylic acids is 1. The van der Waals surface area contributed by atoms with Crippen molar-refractivity contribution in [2.45, 2.75) is 24.7 Å². The highest BCUT2D eigenvalue weighted by atomic mass is 79.9. The zero-order valence-corrected chi connectivity index (χ0v) is 13.2. The number of morpholine rings is 1. The monoisotopic (exact) mass is 341 g/mol. The third-order valence-electron chi connectivity index (χ3n) is 3.25. The second-order valence-electron chi connectivity index (χ2n) is 4.72. The van der Waals surface area contributed by atoms with E-state index in [2.05, 4.69) is 31.1 Å². The molecule has 1 fully saturated rings.